The van der Waals surface area contributed by atoms with Gasteiger partial charge in [0.25, 0.3) is 0 Å². The molecule has 0 aromatic carbocycles. The van der Waals surface area contributed by atoms with Crippen LogP contribution < -0.4 is 150 Å². The zero-order valence-electron chi connectivity index (χ0n) is 6.00. The molecule has 0 nitrogen and oxygen atoms in total. The Balaban J connectivity index is 0. The maximum absolute atomic E-state index is 0. The molecule has 0 aromatic heterocycles. The van der Waals surface area contributed by atoms with Crippen LogP contribution in [0, 0.1) is 0 Å². The smallest absolute Gasteiger partial charge is 1.00 e. The van der Waals surface area contributed by atoms with Crippen molar-refractivity contribution in [3.8, 4) is 0 Å². The molecule has 0 fully saturated rings. The maximum atomic E-state index is 0. The monoisotopic (exact) mass is 270 g/mol. The molecular weight excluding hydrogens is 265 g/mol. The van der Waals surface area contributed by atoms with Gasteiger partial charge in [0.1, 0.15) is 0 Å². The molecule has 4 heavy (non-hydrogen) atoms. The van der Waals surface area contributed by atoms with Crippen molar-refractivity contribution in [3.63, 3.8) is 0 Å². The van der Waals surface area contributed by atoms with Gasteiger partial charge in [-0.05, 0) is 0 Å². The first-order valence-electron chi connectivity index (χ1n) is 0. The van der Waals surface area contributed by atoms with Crippen molar-refractivity contribution in [3.05, 3.63) is 0 Å². The fourth-order valence-electron chi connectivity index (χ4n) is 0. The molecule has 0 atom stereocenters. The summed E-state index contributed by atoms with van der Waals surface area (Å²) in [5, 5.41) is 0. The number of hydrogen-bond acceptors (Lipinski definition) is 0. The summed E-state index contributed by atoms with van der Waals surface area (Å²) in [5.74, 6) is 0. The molecule has 0 aromatic rings. The molecule has 0 N–H and O–H groups in total. The second-order valence-corrected chi connectivity index (χ2v) is 0. The minimum Gasteiger partial charge on any atom is -1.00 e. The van der Waals surface area contributed by atoms with Crippen LogP contribution in [0.15, 0.2) is 0 Å². The largest absolute Gasteiger partial charge is 1.00 e. The van der Waals surface area contributed by atoms with E-state index in [4.69, 9.17) is 0 Å². The van der Waals surface area contributed by atoms with E-state index in [1.807, 2.05) is 0 Å². The normalized spacial score (nSPS) is 0. The van der Waals surface area contributed by atoms with Crippen LogP contribution in [0.4, 0.5) is 0 Å². The van der Waals surface area contributed by atoms with E-state index in [0.717, 1.165) is 0 Å². The zero-order valence-corrected chi connectivity index (χ0v) is 14.4. The van der Waals surface area contributed by atoms with Crippen LogP contribution in [0.1, 0.15) is 4.28 Å². The fourth-order valence-corrected chi connectivity index (χ4v) is 0. The third kappa shape index (κ3) is 10.3. The second-order valence-electron chi connectivity index (χ2n) is 0. The van der Waals surface area contributed by atoms with Crippen molar-refractivity contribution >= 4 is 19.8 Å². The van der Waals surface area contributed by atoms with Gasteiger partial charge >= 0.3 is 170 Å². The third-order valence-electron chi connectivity index (χ3n) is 0. The molecule has 0 rings (SSSR count). The quantitative estimate of drug-likeness (QED) is 0.384. The Bertz CT molecular complexity index is 14.9. The van der Waals surface area contributed by atoms with Crippen LogP contribution in [0.2, 0.25) is 0 Å². The van der Waals surface area contributed by atoms with E-state index in [1.165, 1.54) is 0 Å². The Hall–Kier alpha value is 5.32. The summed E-state index contributed by atoms with van der Waals surface area (Å²) in [7, 11) is 0. The molecule has 0 aliphatic rings. The van der Waals surface area contributed by atoms with Crippen molar-refractivity contribution in [2.24, 2.45) is 0 Å². The summed E-state index contributed by atoms with van der Waals surface area (Å²) in [4.78, 5) is 0. The topological polar surface area (TPSA) is 0 Å². The van der Waals surface area contributed by atoms with Crippen LogP contribution in [-0.2, 0) is 0 Å². The van der Waals surface area contributed by atoms with Gasteiger partial charge in [-0.1, -0.05) is 0 Å². The summed E-state index contributed by atoms with van der Waals surface area (Å²) < 4.78 is 0. The second kappa shape index (κ2) is 15.8. The standard InChI is InChI=1S/Cs.Ga.K.Na.6H/q+1;;2*+1;;;;3*-1. The SMILES string of the molecule is [Cs+].[GaH3].[H-].[H-].[H-].[K+].[Na+]. The summed E-state index contributed by atoms with van der Waals surface area (Å²) in [6.07, 6.45) is 0. The van der Waals surface area contributed by atoms with Crippen molar-refractivity contribution in [2.75, 3.05) is 0 Å². The minimum atomic E-state index is 0. The van der Waals surface area contributed by atoms with Crippen LogP contribution in [-0.4, -0.2) is 19.8 Å². The molecule has 0 radical (unpaired) electrons. The molecule has 12 valence electrons. The molecule has 0 saturated heterocycles. The van der Waals surface area contributed by atoms with Crippen molar-refractivity contribution in [1.29, 1.82) is 0 Å². The predicted octanol–water partition coefficient (Wildman–Crippen LogP) is -9.83. The molecule has 0 aliphatic heterocycles. The van der Waals surface area contributed by atoms with Crippen molar-refractivity contribution in [1.82, 2.24) is 0 Å². The first-order valence-corrected chi connectivity index (χ1v) is 0. The van der Waals surface area contributed by atoms with Crippen LogP contribution in [0.5, 0.6) is 0 Å². The molecule has 0 amide bonds. The van der Waals surface area contributed by atoms with Crippen LogP contribution in [0.3, 0.4) is 0 Å². The molecule has 0 aliphatic carbocycles. The molecule has 0 bridgehead atoms. The van der Waals surface area contributed by atoms with E-state index in [2.05, 4.69) is 0 Å². The van der Waals surface area contributed by atoms with Gasteiger partial charge in [-0.15, -0.1) is 0 Å². The number of rotatable bonds is 0. The van der Waals surface area contributed by atoms with Gasteiger partial charge in [0, 0.05) is 0 Å². The van der Waals surface area contributed by atoms with Gasteiger partial charge in [-0.3, -0.25) is 0 Å². The van der Waals surface area contributed by atoms with Crippen LogP contribution >= 0.6 is 0 Å². The van der Waals surface area contributed by atoms with Crippen molar-refractivity contribution in [2.45, 2.75) is 0 Å². The fraction of sp³-hybridized carbons (Fsp3) is 0. The number of hydrogen-bond donors (Lipinski definition) is 0. The summed E-state index contributed by atoms with van der Waals surface area (Å²) >= 11 is 0. The Morgan fingerprint density at radius 3 is 1.25 bits per heavy atom. The first-order chi connectivity index (χ1) is 0. The Morgan fingerprint density at radius 2 is 1.25 bits per heavy atom. The summed E-state index contributed by atoms with van der Waals surface area (Å²) in [6, 6.07) is 0. The first kappa shape index (κ1) is 22.8. The van der Waals surface area contributed by atoms with Gasteiger partial charge in [-0.2, -0.15) is 0 Å². The van der Waals surface area contributed by atoms with Gasteiger partial charge in [0.15, 0.2) is 0 Å². The minimum absolute atomic E-state index is 0. The van der Waals surface area contributed by atoms with E-state index in [0.29, 0.717) is 0 Å². The summed E-state index contributed by atoms with van der Waals surface area (Å²) in [6.45, 7) is 0. The molecule has 0 heterocycles. The van der Waals surface area contributed by atoms with Gasteiger partial charge in [-0.25, -0.2) is 0 Å². The van der Waals surface area contributed by atoms with Gasteiger partial charge < -0.3 is 4.28 Å². The van der Waals surface area contributed by atoms with Crippen molar-refractivity contribution < 1.29 is 154 Å². The van der Waals surface area contributed by atoms with E-state index >= 15 is 0 Å². The van der Waals surface area contributed by atoms with Gasteiger partial charge in [0.05, 0.1) is 0 Å². The average molecular weight is 271 g/mol. The third-order valence-corrected chi connectivity index (χ3v) is 0. The van der Waals surface area contributed by atoms with E-state index < -0.39 is 0 Å². The molecule has 0 spiro atoms. The Kier molecular flexibility index (Phi) is 89.8. The maximum Gasteiger partial charge on any atom is 1.00 e. The zero-order chi connectivity index (χ0) is 0. The van der Waals surface area contributed by atoms with Crippen LogP contribution in [0.25, 0.3) is 0 Å². The molecule has 0 saturated carbocycles. The van der Waals surface area contributed by atoms with E-state index in [1.54, 1.807) is 0 Å². The van der Waals surface area contributed by atoms with E-state index in [-0.39, 0.29) is 174 Å². The molecular formula is H6CsGaKNa. The predicted molar refractivity (Wildman–Crippen MR) is 13.3 cm³/mol. The summed E-state index contributed by atoms with van der Waals surface area (Å²) in [5.41, 5.74) is 0. The Morgan fingerprint density at radius 1 is 1.25 bits per heavy atom. The van der Waals surface area contributed by atoms with E-state index in [9.17, 15) is 0 Å². The molecule has 0 unspecified atom stereocenters. The molecule has 4 heteroatoms. The van der Waals surface area contributed by atoms with Gasteiger partial charge in [0.2, 0.25) is 0 Å². The Labute approximate surface area is 168 Å². The average Bonchev–Trinajstić information content (AvgIpc) is 0.